The molecule has 0 heterocycles. The van der Waals surface area contributed by atoms with Crippen LogP contribution in [0.5, 0.6) is 0 Å². The Bertz CT molecular complexity index is 553. The number of nitrogens with zero attached hydrogens (tertiary/aromatic N) is 1. The van der Waals surface area contributed by atoms with Crippen LogP contribution in [-0.2, 0) is 0 Å². The molecule has 0 aliphatic heterocycles. The van der Waals surface area contributed by atoms with Crippen molar-refractivity contribution in [3.05, 3.63) is 58.7 Å². The van der Waals surface area contributed by atoms with Crippen molar-refractivity contribution >= 4 is 11.4 Å². The third-order valence-corrected chi connectivity index (χ3v) is 3.59. The Kier molecular flexibility index (Phi) is 3.42. The van der Waals surface area contributed by atoms with Crippen LogP contribution in [0.25, 0.3) is 0 Å². The average molecular weight is 239 g/mol. The Morgan fingerprint density at radius 3 is 1.89 bits per heavy atom. The molecule has 0 fully saturated rings. The number of hydrogen-bond donors (Lipinski definition) is 0. The molecule has 0 spiro atoms. The molecule has 18 heavy (non-hydrogen) atoms. The van der Waals surface area contributed by atoms with Crippen LogP contribution in [0.3, 0.4) is 0 Å². The van der Waals surface area contributed by atoms with Gasteiger partial charge in [-0.3, -0.25) is 0 Å². The van der Waals surface area contributed by atoms with Crippen molar-refractivity contribution in [3.63, 3.8) is 0 Å². The molecule has 2 aromatic rings. The maximum absolute atomic E-state index is 2.27. The van der Waals surface area contributed by atoms with Crippen molar-refractivity contribution in [2.24, 2.45) is 0 Å². The fourth-order valence-corrected chi connectivity index (χ4v) is 2.21. The monoisotopic (exact) mass is 239 g/mol. The third-order valence-electron chi connectivity index (χ3n) is 3.59. The second-order valence-corrected chi connectivity index (χ2v) is 5.12. The van der Waals surface area contributed by atoms with E-state index in [9.17, 15) is 0 Å². The first kappa shape index (κ1) is 12.7. The second-order valence-electron chi connectivity index (χ2n) is 5.12. The van der Waals surface area contributed by atoms with Crippen LogP contribution < -0.4 is 4.90 Å². The van der Waals surface area contributed by atoms with Crippen LogP contribution in [0, 0.1) is 27.7 Å². The Morgan fingerprint density at radius 1 is 0.722 bits per heavy atom. The highest BCUT2D eigenvalue weighted by molar-refractivity contribution is 5.67. The van der Waals surface area contributed by atoms with E-state index in [1.807, 2.05) is 0 Å². The Labute approximate surface area is 110 Å². The topological polar surface area (TPSA) is 3.24 Å². The highest BCUT2D eigenvalue weighted by Crippen LogP contribution is 2.29. The van der Waals surface area contributed by atoms with Gasteiger partial charge in [0.1, 0.15) is 0 Å². The minimum absolute atomic E-state index is 1.23. The summed E-state index contributed by atoms with van der Waals surface area (Å²) in [6.07, 6.45) is 0. The summed E-state index contributed by atoms with van der Waals surface area (Å²) < 4.78 is 0. The summed E-state index contributed by atoms with van der Waals surface area (Å²) in [6, 6.07) is 13.2. The summed E-state index contributed by atoms with van der Waals surface area (Å²) in [6.45, 7) is 8.62. The second kappa shape index (κ2) is 4.85. The molecule has 0 N–H and O–H groups in total. The van der Waals surface area contributed by atoms with E-state index >= 15 is 0 Å². The van der Waals surface area contributed by atoms with Crippen molar-refractivity contribution in [1.82, 2.24) is 0 Å². The zero-order valence-electron chi connectivity index (χ0n) is 11.9. The Morgan fingerprint density at radius 2 is 1.28 bits per heavy atom. The molecule has 0 bridgehead atoms. The van der Waals surface area contributed by atoms with Gasteiger partial charge in [0, 0.05) is 18.4 Å². The number of anilines is 2. The third kappa shape index (κ3) is 2.40. The van der Waals surface area contributed by atoms with Crippen LogP contribution in [0.15, 0.2) is 36.4 Å². The van der Waals surface area contributed by atoms with Crippen molar-refractivity contribution in [2.75, 3.05) is 11.9 Å². The molecular formula is C17H21N. The molecule has 94 valence electrons. The van der Waals surface area contributed by atoms with Crippen LogP contribution in [0.1, 0.15) is 22.3 Å². The minimum Gasteiger partial charge on any atom is -0.344 e. The molecule has 0 unspecified atom stereocenters. The summed E-state index contributed by atoms with van der Waals surface area (Å²) in [7, 11) is 2.13. The molecular weight excluding hydrogens is 218 g/mol. The molecule has 0 saturated heterocycles. The fraction of sp³-hybridized carbons (Fsp3) is 0.294. The van der Waals surface area contributed by atoms with Crippen LogP contribution in [0.2, 0.25) is 0 Å². The Hall–Kier alpha value is -1.76. The van der Waals surface area contributed by atoms with Gasteiger partial charge >= 0.3 is 0 Å². The Balaban J connectivity index is 2.42. The van der Waals surface area contributed by atoms with Gasteiger partial charge < -0.3 is 4.90 Å². The SMILES string of the molecule is Cc1ccc(N(C)c2cc(C)c(C)cc2C)cc1. The highest BCUT2D eigenvalue weighted by atomic mass is 15.1. The first-order chi connectivity index (χ1) is 8.49. The summed E-state index contributed by atoms with van der Waals surface area (Å²) in [5.74, 6) is 0. The van der Waals surface area contributed by atoms with E-state index in [-0.39, 0.29) is 0 Å². The maximum atomic E-state index is 2.27. The molecule has 0 aromatic heterocycles. The molecule has 1 nitrogen and oxygen atoms in total. The molecule has 0 aliphatic carbocycles. The maximum Gasteiger partial charge on any atom is 0.0440 e. The number of rotatable bonds is 2. The summed E-state index contributed by atoms with van der Waals surface area (Å²) in [5.41, 5.74) is 7.82. The summed E-state index contributed by atoms with van der Waals surface area (Å²) >= 11 is 0. The van der Waals surface area contributed by atoms with E-state index in [4.69, 9.17) is 0 Å². The van der Waals surface area contributed by atoms with Gasteiger partial charge in [-0.2, -0.15) is 0 Å². The van der Waals surface area contributed by atoms with Crippen molar-refractivity contribution in [1.29, 1.82) is 0 Å². The van der Waals surface area contributed by atoms with Crippen molar-refractivity contribution in [2.45, 2.75) is 27.7 Å². The number of aryl methyl sites for hydroxylation is 4. The van der Waals surface area contributed by atoms with Gasteiger partial charge in [-0.25, -0.2) is 0 Å². The van der Waals surface area contributed by atoms with Gasteiger partial charge in [-0.05, 0) is 62.6 Å². The van der Waals surface area contributed by atoms with Gasteiger partial charge in [0.2, 0.25) is 0 Å². The molecule has 0 amide bonds. The molecule has 2 aromatic carbocycles. The number of benzene rings is 2. The van der Waals surface area contributed by atoms with E-state index in [2.05, 4.69) is 76.0 Å². The molecule has 1 heteroatoms. The van der Waals surface area contributed by atoms with Gasteiger partial charge in [-0.1, -0.05) is 23.8 Å². The molecule has 0 radical (unpaired) electrons. The zero-order chi connectivity index (χ0) is 13.3. The van der Waals surface area contributed by atoms with Crippen LogP contribution in [0.4, 0.5) is 11.4 Å². The lowest BCUT2D eigenvalue weighted by atomic mass is 10.0. The lowest BCUT2D eigenvalue weighted by Crippen LogP contribution is -2.11. The minimum atomic E-state index is 1.23. The lowest BCUT2D eigenvalue weighted by Gasteiger charge is -2.23. The predicted octanol–water partition coefficient (Wildman–Crippen LogP) is 4.69. The first-order valence-electron chi connectivity index (χ1n) is 6.37. The zero-order valence-corrected chi connectivity index (χ0v) is 11.9. The van der Waals surface area contributed by atoms with E-state index in [1.165, 1.54) is 33.6 Å². The lowest BCUT2D eigenvalue weighted by molar-refractivity contribution is 1.16. The van der Waals surface area contributed by atoms with Crippen LogP contribution >= 0.6 is 0 Å². The van der Waals surface area contributed by atoms with Gasteiger partial charge in [-0.15, -0.1) is 0 Å². The molecule has 2 rings (SSSR count). The standard InChI is InChI=1S/C17H21N/c1-12-6-8-16(9-7-12)18(5)17-11-14(3)13(2)10-15(17)4/h6-11H,1-5H3. The summed E-state index contributed by atoms with van der Waals surface area (Å²) in [5, 5.41) is 0. The van der Waals surface area contributed by atoms with Gasteiger partial charge in [0.15, 0.2) is 0 Å². The normalized spacial score (nSPS) is 10.5. The highest BCUT2D eigenvalue weighted by Gasteiger charge is 2.08. The van der Waals surface area contributed by atoms with E-state index in [0.717, 1.165) is 0 Å². The number of hydrogen-bond acceptors (Lipinski definition) is 1. The quantitative estimate of drug-likeness (QED) is 0.735. The van der Waals surface area contributed by atoms with Gasteiger partial charge in [0.05, 0.1) is 0 Å². The van der Waals surface area contributed by atoms with Gasteiger partial charge in [0.25, 0.3) is 0 Å². The van der Waals surface area contributed by atoms with E-state index in [1.54, 1.807) is 0 Å². The van der Waals surface area contributed by atoms with E-state index < -0.39 is 0 Å². The molecule has 0 aliphatic rings. The first-order valence-corrected chi connectivity index (χ1v) is 6.37. The predicted molar refractivity (Wildman–Crippen MR) is 79.9 cm³/mol. The summed E-state index contributed by atoms with van der Waals surface area (Å²) in [4.78, 5) is 2.25. The fourth-order valence-electron chi connectivity index (χ4n) is 2.21. The van der Waals surface area contributed by atoms with Crippen LogP contribution in [-0.4, -0.2) is 7.05 Å². The van der Waals surface area contributed by atoms with Crippen molar-refractivity contribution < 1.29 is 0 Å². The largest absolute Gasteiger partial charge is 0.344 e. The van der Waals surface area contributed by atoms with Crippen molar-refractivity contribution in [3.8, 4) is 0 Å². The van der Waals surface area contributed by atoms with E-state index in [0.29, 0.717) is 0 Å². The molecule has 0 saturated carbocycles. The smallest absolute Gasteiger partial charge is 0.0440 e. The average Bonchev–Trinajstić information content (AvgIpc) is 2.34. The molecule has 0 atom stereocenters.